The van der Waals surface area contributed by atoms with E-state index >= 15 is 0 Å². The van der Waals surface area contributed by atoms with E-state index in [0.717, 1.165) is 15.8 Å². The second-order valence-corrected chi connectivity index (χ2v) is 6.47. The Morgan fingerprint density at radius 2 is 2.21 bits per heavy atom. The summed E-state index contributed by atoms with van der Waals surface area (Å²) in [6.45, 7) is 4.11. The van der Waals surface area contributed by atoms with Crippen molar-refractivity contribution in [2.45, 2.75) is 24.8 Å². The molecule has 3 aromatic rings. The molecular formula is C12H10ClN3OS2. The van der Waals surface area contributed by atoms with Gasteiger partial charge in [-0.15, -0.1) is 11.3 Å². The summed E-state index contributed by atoms with van der Waals surface area (Å²) in [6.07, 6.45) is 3.16. The van der Waals surface area contributed by atoms with Crippen molar-refractivity contribution in [2.24, 2.45) is 0 Å². The molecule has 0 aliphatic rings. The van der Waals surface area contributed by atoms with Crippen LogP contribution in [0.15, 0.2) is 22.1 Å². The smallest absolute Gasteiger partial charge is 0.255 e. The fourth-order valence-electron chi connectivity index (χ4n) is 1.71. The number of thioether (sulfide) groups is 1. The molecule has 7 heteroatoms. The van der Waals surface area contributed by atoms with Crippen molar-refractivity contribution in [2.75, 3.05) is 0 Å². The molecule has 4 nitrogen and oxygen atoms in total. The zero-order valence-corrected chi connectivity index (χ0v) is 12.7. The predicted octanol–water partition coefficient (Wildman–Crippen LogP) is 4.24. The summed E-state index contributed by atoms with van der Waals surface area (Å²) in [5, 5.41) is 2.10. The van der Waals surface area contributed by atoms with Crippen molar-refractivity contribution in [1.82, 2.24) is 15.0 Å². The second kappa shape index (κ2) is 5.11. The molecule has 0 N–H and O–H groups in total. The maximum atomic E-state index is 6.25. The molecule has 0 saturated carbocycles. The molecular weight excluding hydrogens is 302 g/mol. The van der Waals surface area contributed by atoms with Crippen LogP contribution < -0.4 is 0 Å². The molecule has 0 aliphatic heterocycles. The van der Waals surface area contributed by atoms with Crippen LogP contribution in [0.25, 0.3) is 10.2 Å². The van der Waals surface area contributed by atoms with Crippen LogP contribution in [0, 0.1) is 13.8 Å². The number of rotatable bonds is 3. The second-order valence-electron chi connectivity index (χ2n) is 3.98. The van der Waals surface area contributed by atoms with Crippen molar-refractivity contribution in [3.63, 3.8) is 0 Å². The Morgan fingerprint density at radius 3 is 2.95 bits per heavy atom. The molecule has 0 fully saturated rings. The van der Waals surface area contributed by atoms with Gasteiger partial charge in [0.1, 0.15) is 22.1 Å². The molecule has 0 radical (unpaired) electrons. The van der Waals surface area contributed by atoms with Crippen LogP contribution >= 0.6 is 34.7 Å². The van der Waals surface area contributed by atoms with Gasteiger partial charge in [0, 0.05) is 4.88 Å². The van der Waals surface area contributed by atoms with Crippen molar-refractivity contribution in [1.29, 1.82) is 0 Å². The molecule has 98 valence electrons. The molecule has 0 atom stereocenters. The zero-order valence-electron chi connectivity index (χ0n) is 10.3. The Labute approximate surface area is 123 Å². The van der Waals surface area contributed by atoms with Crippen LogP contribution in [0.2, 0.25) is 5.15 Å². The fraction of sp³-hybridized carbons (Fsp3) is 0.250. The Morgan fingerprint density at radius 1 is 1.37 bits per heavy atom. The van der Waals surface area contributed by atoms with Crippen LogP contribution in [0.4, 0.5) is 0 Å². The average molecular weight is 312 g/mol. The lowest BCUT2D eigenvalue weighted by molar-refractivity contribution is 0.454. The summed E-state index contributed by atoms with van der Waals surface area (Å²) < 4.78 is 5.16. The fourth-order valence-corrected chi connectivity index (χ4v) is 3.79. The van der Waals surface area contributed by atoms with Gasteiger partial charge in [-0.3, -0.25) is 0 Å². The zero-order chi connectivity index (χ0) is 13.4. The standard InChI is InChI=1S/C12H10ClN3OS2/c1-6-7(2)19-11-9(6)10(13)15-8(16-11)5-18-12-14-3-4-17-12/h3-4H,5H2,1-2H3. The molecule has 0 amide bonds. The summed E-state index contributed by atoms with van der Waals surface area (Å²) in [5.41, 5.74) is 1.16. The third-order valence-corrected chi connectivity index (χ3v) is 4.99. The first-order valence-electron chi connectivity index (χ1n) is 5.59. The monoisotopic (exact) mass is 311 g/mol. The third kappa shape index (κ3) is 2.48. The van der Waals surface area contributed by atoms with E-state index in [-0.39, 0.29) is 0 Å². The first kappa shape index (κ1) is 12.9. The van der Waals surface area contributed by atoms with Crippen LogP contribution in [0.1, 0.15) is 16.3 Å². The van der Waals surface area contributed by atoms with Gasteiger partial charge >= 0.3 is 0 Å². The largest absolute Gasteiger partial charge is 0.440 e. The molecule has 19 heavy (non-hydrogen) atoms. The van der Waals surface area contributed by atoms with Crippen LogP contribution in [-0.2, 0) is 5.75 Å². The minimum absolute atomic E-state index is 0.523. The Hall–Kier alpha value is -1.11. The Bertz CT molecular complexity index is 724. The van der Waals surface area contributed by atoms with Gasteiger partial charge in [0.25, 0.3) is 5.22 Å². The van der Waals surface area contributed by atoms with E-state index in [9.17, 15) is 0 Å². The van der Waals surface area contributed by atoms with Gasteiger partial charge in [-0.25, -0.2) is 15.0 Å². The lowest BCUT2D eigenvalue weighted by Gasteiger charge is -2.00. The van der Waals surface area contributed by atoms with Crippen molar-refractivity contribution < 1.29 is 4.42 Å². The third-order valence-electron chi connectivity index (χ3n) is 2.77. The summed E-state index contributed by atoms with van der Waals surface area (Å²) in [6, 6.07) is 0. The number of nitrogens with zero attached hydrogens (tertiary/aromatic N) is 3. The highest BCUT2D eigenvalue weighted by molar-refractivity contribution is 7.98. The van der Waals surface area contributed by atoms with E-state index in [0.29, 0.717) is 22.0 Å². The van der Waals surface area contributed by atoms with Gasteiger partial charge in [0.05, 0.1) is 17.3 Å². The number of thiophene rings is 1. The first-order chi connectivity index (χ1) is 9.15. The van der Waals surface area contributed by atoms with Gasteiger partial charge in [-0.2, -0.15) is 0 Å². The molecule has 0 unspecified atom stereocenters. The van der Waals surface area contributed by atoms with Gasteiger partial charge < -0.3 is 4.42 Å². The highest BCUT2D eigenvalue weighted by Crippen LogP contribution is 2.33. The molecule has 3 heterocycles. The first-order valence-corrected chi connectivity index (χ1v) is 7.77. The van der Waals surface area contributed by atoms with Crippen molar-refractivity contribution in [3.8, 4) is 0 Å². The molecule has 0 spiro atoms. The number of oxazole rings is 1. The topological polar surface area (TPSA) is 51.8 Å². The quantitative estimate of drug-likeness (QED) is 0.535. The van der Waals surface area contributed by atoms with Crippen LogP contribution in [0.5, 0.6) is 0 Å². The Kier molecular flexibility index (Phi) is 3.47. The molecule has 0 bridgehead atoms. The minimum Gasteiger partial charge on any atom is -0.440 e. The summed E-state index contributed by atoms with van der Waals surface area (Å²) in [7, 11) is 0. The highest BCUT2D eigenvalue weighted by atomic mass is 35.5. The maximum Gasteiger partial charge on any atom is 0.255 e. The van der Waals surface area contributed by atoms with Gasteiger partial charge in [0.2, 0.25) is 0 Å². The van der Waals surface area contributed by atoms with Crippen molar-refractivity contribution >= 4 is 44.9 Å². The van der Waals surface area contributed by atoms with Crippen molar-refractivity contribution in [3.05, 3.63) is 33.9 Å². The normalized spacial score (nSPS) is 11.3. The summed E-state index contributed by atoms with van der Waals surface area (Å²) in [5.74, 6) is 1.29. The molecule has 0 aromatic carbocycles. The van der Waals surface area contributed by atoms with E-state index in [1.807, 2.05) is 6.92 Å². The lowest BCUT2D eigenvalue weighted by Crippen LogP contribution is -1.93. The van der Waals surface area contributed by atoms with E-state index in [1.54, 1.807) is 23.8 Å². The Balaban J connectivity index is 1.92. The number of hydrogen-bond donors (Lipinski definition) is 0. The predicted molar refractivity (Wildman–Crippen MR) is 78.0 cm³/mol. The lowest BCUT2D eigenvalue weighted by atomic mass is 10.2. The number of hydrogen-bond acceptors (Lipinski definition) is 6. The van der Waals surface area contributed by atoms with Crippen LogP contribution in [0.3, 0.4) is 0 Å². The molecule has 0 aliphatic carbocycles. The van der Waals surface area contributed by atoms with Gasteiger partial charge in [0.15, 0.2) is 0 Å². The highest BCUT2D eigenvalue weighted by Gasteiger charge is 2.13. The molecule has 0 saturated heterocycles. The van der Waals surface area contributed by atoms with E-state index < -0.39 is 0 Å². The number of halogens is 1. The van der Waals surface area contributed by atoms with Gasteiger partial charge in [-0.1, -0.05) is 23.4 Å². The van der Waals surface area contributed by atoms with Crippen LogP contribution in [-0.4, -0.2) is 15.0 Å². The van der Waals surface area contributed by atoms with Gasteiger partial charge in [-0.05, 0) is 19.4 Å². The average Bonchev–Trinajstić information content (AvgIpc) is 2.96. The number of fused-ring (bicyclic) bond motifs is 1. The molecule has 3 aromatic heterocycles. The SMILES string of the molecule is Cc1sc2nc(CSc3ncco3)nc(Cl)c2c1C. The maximum absolute atomic E-state index is 6.25. The van der Waals surface area contributed by atoms with E-state index in [2.05, 4.69) is 21.9 Å². The molecule has 3 rings (SSSR count). The summed E-state index contributed by atoms with van der Waals surface area (Å²) in [4.78, 5) is 15.1. The van der Waals surface area contributed by atoms with E-state index in [4.69, 9.17) is 16.0 Å². The summed E-state index contributed by atoms with van der Waals surface area (Å²) >= 11 is 9.35. The van der Waals surface area contributed by atoms with E-state index in [1.165, 1.54) is 16.6 Å². The number of aromatic nitrogens is 3. The minimum atomic E-state index is 0.523. The number of aryl methyl sites for hydroxylation is 2.